The van der Waals surface area contributed by atoms with Crippen LogP contribution >= 0.6 is 0 Å². The maximum absolute atomic E-state index is 13.7. The number of hydrogen-bond donors (Lipinski definition) is 3. The zero-order valence-corrected chi connectivity index (χ0v) is 25.3. The summed E-state index contributed by atoms with van der Waals surface area (Å²) in [5.41, 5.74) is 2.05. The highest BCUT2D eigenvalue weighted by Gasteiger charge is 2.37. The van der Waals surface area contributed by atoms with Gasteiger partial charge in [-0.2, -0.15) is 0 Å². The highest BCUT2D eigenvalue weighted by Crippen LogP contribution is 2.35. The number of benzene rings is 2. The molecular formula is C30H36N4O10. The normalized spacial score (nSPS) is 13.8. The second kappa shape index (κ2) is 14.4. The SMILES string of the molecule is COC(=O)[C@H](COC(C)=O)NC(=O)[C@H](COC(C)=O)N1CNc2c(cccc2-c2ccc(NC(=O)OC(C)(C)C)cc2)C1=O. The van der Waals surface area contributed by atoms with E-state index in [4.69, 9.17) is 14.2 Å². The lowest BCUT2D eigenvalue weighted by molar-refractivity contribution is -0.153. The van der Waals surface area contributed by atoms with Crippen molar-refractivity contribution in [1.82, 2.24) is 10.2 Å². The molecule has 0 saturated heterocycles. The number of methoxy groups -OCH3 is 1. The molecule has 0 aliphatic carbocycles. The lowest BCUT2D eigenvalue weighted by atomic mass is 9.97. The van der Waals surface area contributed by atoms with E-state index in [9.17, 15) is 28.8 Å². The number of nitrogens with zero attached hydrogens (tertiary/aromatic N) is 1. The molecule has 0 bridgehead atoms. The molecule has 0 saturated carbocycles. The number of esters is 3. The minimum atomic E-state index is -1.37. The van der Waals surface area contributed by atoms with Gasteiger partial charge in [0.2, 0.25) is 5.91 Å². The van der Waals surface area contributed by atoms with Gasteiger partial charge in [0.15, 0.2) is 6.04 Å². The van der Waals surface area contributed by atoms with Crippen LogP contribution in [0.2, 0.25) is 0 Å². The minimum Gasteiger partial charge on any atom is -0.467 e. The van der Waals surface area contributed by atoms with Crippen LogP contribution in [0.1, 0.15) is 45.0 Å². The predicted molar refractivity (Wildman–Crippen MR) is 157 cm³/mol. The first kappa shape index (κ1) is 33.4. The fourth-order valence-corrected chi connectivity index (χ4v) is 4.24. The molecule has 3 N–H and O–H groups in total. The van der Waals surface area contributed by atoms with Gasteiger partial charge in [0.05, 0.1) is 25.0 Å². The van der Waals surface area contributed by atoms with Crippen LogP contribution in [-0.2, 0) is 38.1 Å². The number of fused-ring (bicyclic) bond motifs is 1. The summed E-state index contributed by atoms with van der Waals surface area (Å²) in [5, 5.41) is 8.25. The largest absolute Gasteiger partial charge is 0.467 e. The van der Waals surface area contributed by atoms with Crippen LogP contribution in [0.3, 0.4) is 0 Å². The lowest BCUT2D eigenvalue weighted by Crippen LogP contribution is -2.58. The van der Waals surface area contributed by atoms with Crippen LogP contribution in [0.5, 0.6) is 0 Å². The summed E-state index contributed by atoms with van der Waals surface area (Å²) in [6, 6.07) is 9.29. The molecule has 236 valence electrons. The Morgan fingerprint density at radius 2 is 1.55 bits per heavy atom. The van der Waals surface area contributed by atoms with E-state index in [0.717, 1.165) is 26.5 Å². The van der Waals surface area contributed by atoms with Crippen LogP contribution < -0.4 is 16.0 Å². The molecular weight excluding hydrogens is 576 g/mol. The summed E-state index contributed by atoms with van der Waals surface area (Å²) in [7, 11) is 1.10. The molecule has 3 rings (SSSR count). The molecule has 1 heterocycles. The maximum atomic E-state index is 13.7. The molecule has 14 heteroatoms. The standard InChI is InChI=1S/C30H36N4O10/c1-17(35)42-14-23(28(39)41-6)33-26(37)24(15-43-18(2)36)34-16-31-25-21(8-7-9-22(25)27(34)38)19-10-12-20(13-11-19)32-29(40)44-30(3,4)5/h7-13,23-24,31H,14-16H2,1-6H3,(H,32,40)(H,33,37)/t23-,24-/m0/s1. The van der Waals surface area contributed by atoms with Crippen molar-refractivity contribution in [1.29, 1.82) is 0 Å². The molecule has 2 atom stereocenters. The van der Waals surface area contributed by atoms with Crippen molar-refractivity contribution < 1.29 is 47.7 Å². The van der Waals surface area contributed by atoms with E-state index >= 15 is 0 Å². The second-order valence-corrected chi connectivity index (χ2v) is 10.7. The van der Waals surface area contributed by atoms with Crippen LogP contribution in [0.15, 0.2) is 42.5 Å². The first-order chi connectivity index (χ1) is 20.7. The maximum Gasteiger partial charge on any atom is 0.412 e. The van der Waals surface area contributed by atoms with Gasteiger partial charge >= 0.3 is 24.0 Å². The molecule has 14 nitrogen and oxygen atoms in total. The number of nitrogens with one attached hydrogen (secondary N) is 3. The highest BCUT2D eigenvalue weighted by molar-refractivity contribution is 6.06. The van der Waals surface area contributed by atoms with E-state index in [2.05, 4.69) is 20.7 Å². The summed E-state index contributed by atoms with van der Waals surface area (Å²) < 4.78 is 19.9. The molecule has 0 radical (unpaired) electrons. The van der Waals surface area contributed by atoms with Crippen molar-refractivity contribution in [2.75, 3.05) is 37.6 Å². The molecule has 1 aliphatic rings. The van der Waals surface area contributed by atoms with Crippen molar-refractivity contribution >= 4 is 47.2 Å². The Morgan fingerprint density at radius 1 is 0.932 bits per heavy atom. The molecule has 44 heavy (non-hydrogen) atoms. The molecule has 0 fully saturated rings. The third kappa shape index (κ3) is 8.93. The summed E-state index contributed by atoms with van der Waals surface area (Å²) in [5.74, 6) is -3.61. The number of para-hydroxylation sites is 1. The summed E-state index contributed by atoms with van der Waals surface area (Å²) in [6.07, 6.45) is -0.591. The van der Waals surface area contributed by atoms with Gasteiger partial charge in [-0.1, -0.05) is 24.3 Å². The molecule has 0 spiro atoms. The second-order valence-electron chi connectivity index (χ2n) is 10.7. The van der Waals surface area contributed by atoms with Gasteiger partial charge < -0.3 is 34.5 Å². The number of carbonyl (C=O) groups excluding carboxylic acids is 6. The molecule has 2 aromatic rings. The van der Waals surface area contributed by atoms with Crippen molar-refractivity contribution in [3.8, 4) is 11.1 Å². The first-order valence-corrected chi connectivity index (χ1v) is 13.6. The molecule has 2 aromatic carbocycles. The van der Waals surface area contributed by atoms with Gasteiger partial charge in [-0.25, -0.2) is 9.59 Å². The fraction of sp³-hybridized carbons (Fsp3) is 0.400. The van der Waals surface area contributed by atoms with Crippen LogP contribution in [0, 0.1) is 0 Å². The quantitative estimate of drug-likeness (QED) is 0.265. The Kier molecular flexibility index (Phi) is 10.9. The summed E-state index contributed by atoms with van der Waals surface area (Å²) in [4.78, 5) is 75.4. The zero-order valence-electron chi connectivity index (χ0n) is 25.3. The highest BCUT2D eigenvalue weighted by atomic mass is 16.6. The lowest BCUT2D eigenvalue weighted by Gasteiger charge is -2.36. The van der Waals surface area contributed by atoms with Gasteiger partial charge in [-0.15, -0.1) is 0 Å². The average Bonchev–Trinajstić information content (AvgIpc) is 2.95. The predicted octanol–water partition coefficient (Wildman–Crippen LogP) is 2.68. The molecule has 0 aromatic heterocycles. The van der Waals surface area contributed by atoms with Crippen molar-refractivity contribution in [3.63, 3.8) is 0 Å². The number of rotatable bonds is 10. The van der Waals surface area contributed by atoms with Gasteiger partial charge in [0.25, 0.3) is 5.91 Å². The number of hydrogen-bond acceptors (Lipinski definition) is 11. The van der Waals surface area contributed by atoms with Crippen molar-refractivity contribution in [2.24, 2.45) is 0 Å². The van der Waals surface area contributed by atoms with Crippen molar-refractivity contribution in [2.45, 2.75) is 52.3 Å². The fourth-order valence-electron chi connectivity index (χ4n) is 4.24. The number of anilines is 2. The van der Waals surface area contributed by atoms with Crippen LogP contribution in [0.25, 0.3) is 11.1 Å². The van der Waals surface area contributed by atoms with E-state index in [1.807, 2.05) is 6.07 Å². The Labute approximate surface area is 254 Å². The Morgan fingerprint density at radius 3 is 2.14 bits per heavy atom. The minimum absolute atomic E-state index is 0.146. The average molecular weight is 613 g/mol. The third-order valence-corrected chi connectivity index (χ3v) is 6.20. The number of amides is 3. The van der Waals surface area contributed by atoms with Gasteiger partial charge in [0.1, 0.15) is 24.9 Å². The third-order valence-electron chi connectivity index (χ3n) is 6.20. The monoisotopic (exact) mass is 612 g/mol. The molecule has 1 aliphatic heterocycles. The Hall–Kier alpha value is -5.14. The van der Waals surface area contributed by atoms with E-state index in [1.54, 1.807) is 57.2 Å². The zero-order chi connectivity index (χ0) is 32.6. The Bertz CT molecular complexity index is 1420. The smallest absolute Gasteiger partial charge is 0.412 e. The van der Waals surface area contributed by atoms with E-state index in [1.165, 1.54) is 4.90 Å². The van der Waals surface area contributed by atoms with Crippen molar-refractivity contribution in [3.05, 3.63) is 48.0 Å². The van der Waals surface area contributed by atoms with E-state index in [-0.39, 0.29) is 12.2 Å². The van der Waals surface area contributed by atoms with Gasteiger partial charge in [0, 0.05) is 25.1 Å². The number of carbonyl (C=O) groups is 6. The van der Waals surface area contributed by atoms with E-state index in [0.29, 0.717) is 16.9 Å². The topological polar surface area (TPSA) is 179 Å². The van der Waals surface area contributed by atoms with Crippen LogP contribution in [0.4, 0.5) is 16.2 Å². The molecule has 0 unspecified atom stereocenters. The molecule has 3 amide bonds. The van der Waals surface area contributed by atoms with E-state index < -0.39 is 66.7 Å². The van der Waals surface area contributed by atoms with Crippen LogP contribution in [-0.4, -0.2) is 85.4 Å². The number of ether oxygens (including phenoxy) is 4. The first-order valence-electron chi connectivity index (χ1n) is 13.6. The van der Waals surface area contributed by atoms with Gasteiger partial charge in [-0.05, 0) is 44.5 Å². The Balaban J connectivity index is 1.85. The van der Waals surface area contributed by atoms with Gasteiger partial charge in [-0.3, -0.25) is 24.5 Å². The summed E-state index contributed by atoms with van der Waals surface area (Å²) >= 11 is 0. The summed E-state index contributed by atoms with van der Waals surface area (Å²) in [6.45, 7) is 6.43.